The van der Waals surface area contributed by atoms with Crippen LogP contribution in [0, 0.1) is 0 Å². The van der Waals surface area contributed by atoms with Gasteiger partial charge in [-0.3, -0.25) is 0 Å². The third kappa shape index (κ3) is 3.07. The van der Waals surface area contributed by atoms with Crippen LogP contribution in [0.15, 0.2) is 97.3 Å². The number of fused-ring (bicyclic) bond motifs is 2. The van der Waals surface area contributed by atoms with E-state index in [2.05, 4.69) is 127 Å². The minimum atomic E-state index is 0.174. The third-order valence-electron chi connectivity index (χ3n) is 5.81. The van der Waals surface area contributed by atoms with Crippen molar-refractivity contribution in [2.45, 2.75) is 5.92 Å². The van der Waals surface area contributed by atoms with Gasteiger partial charge in [-0.15, -0.1) is 0 Å². The lowest BCUT2D eigenvalue weighted by Gasteiger charge is -2.12. The Balaban J connectivity index is 1.74. The highest BCUT2D eigenvalue weighted by Gasteiger charge is 2.20. The summed E-state index contributed by atoms with van der Waals surface area (Å²) in [6, 6.07) is 27.9. The van der Waals surface area contributed by atoms with Gasteiger partial charge >= 0.3 is 0 Å². The summed E-state index contributed by atoms with van der Waals surface area (Å²) >= 11 is 0. The smallest absolute Gasteiger partial charge is 0.0480 e. The maximum Gasteiger partial charge on any atom is 0.0480 e. The number of hydrogen-bond acceptors (Lipinski definition) is 0. The van der Waals surface area contributed by atoms with Crippen molar-refractivity contribution in [3.63, 3.8) is 0 Å². The fraction of sp³-hybridized carbons (Fsp3) is 0.111. The van der Waals surface area contributed by atoms with Crippen molar-refractivity contribution < 1.29 is 0 Å². The van der Waals surface area contributed by atoms with Crippen molar-refractivity contribution in [1.82, 2.24) is 9.13 Å². The third-order valence-corrected chi connectivity index (χ3v) is 5.81. The van der Waals surface area contributed by atoms with Gasteiger partial charge in [-0.05, 0) is 28.8 Å². The molecule has 5 rings (SSSR count). The molecule has 2 aromatic heterocycles. The van der Waals surface area contributed by atoms with Crippen LogP contribution >= 0.6 is 0 Å². The van der Waals surface area contributed by atoms with E-state index in [-0.39, 0.29) is 5.92 Å². The molecular formula is C27H24N2. The molecule has 2 nitrogen and oxygen atoms in total. The van der Waals surface area contributed by atoms with Gasteiger partial charge in [0.05, 0.1) is 0 Å². The zero-order valence-electron chi connectivity index (χ0n) is 16.8. The topological polar surface area (TPSA) is 9.86 Å². The quantitative estimate of drug-likeness (QED) is 0.338. The van der Waals surface area contributed by atoms with Crippen LogP contribution in [0.5, 0.6) is 0 Å². The Morgan fingerprint density at radius 2 is 1.10 bits per heavy atom. The summed E-state index contributed by atoms with van der Waals surface area (Å²) in [5, 5.41) is 2.62. The van der Waals surface area contributed by atoms with E-state index in [0.717, 1.165) is 0 Å². The molecule has 2 heteroatoms. The molecule has 0 bridgehead atoms. The summed E-state index contributed by atoms with van der Waals surface area (Å²) in [4.78, 5) is 0. The van der Waals surface area contributed by atoms with E-state index in [0.29, 0.717) is 0 Å². The number of rotatable bonds is 4. The first-order chi connectivity index (χ1) is 14.2. The van der Waals surface area contributed by atoms with Crippen LogP contribution in [0.1, 0.15) is 22.6 Å². The van der Waals surface area contributed by atoms with Crippen molar-refractivity contribution in [3.8, 4) is 0 Å². The molecule has 0 unspecified atom stereocenters. The Morgan fingerprint density at radius 1 is 0.621 bits per heavy atom. The summed E-state index contributed by atoms with van der Waals surface area (Å²) < 4.78 is 4.47. The molecule has 0 radical (unpaired) electrons. The minimum absolute atomic E-state index is 0.174. The van der Waals surface area contributed by atoms with E-state index in [1.54, 1.807) is 0 Å². The first kappa shape index (κ1) is 17.6. The highest BCUT2D eigenvalue weighted by atomic mass is 14.9. The molecule has 2 heterocycles. The maximum absolute atomic E-state index is 2.35. The Labute approximate surface area is 171 Å². The predicted octanol–water partition coefficient (Wildman–Crippen LogP) is 6.52. The lowest BCUT2D eigenvalue weighted by Crippen LogP contribution is -1.97. The van der Waals surface area contributed by atoms with Crippen molar-refractivity contribution in [2.75, 3.05) is 0 Å². The summed E-state index contributed by atoms with van der Waals surface area (Å²) in [6.07, 6.45) is 9.16. The Bertz CT molecular complexity index is 1240. The summed E-state index contributed by atoms with van der Waals surface area (Å²) in [6.45, 7) is 0. The number of benzene rings is 3. The van der Waals surface area contributed by atoms with E-state index in [1.165, 1.54) is 38.5 Å². The van der Waals surface area contributed by atoms with E-state index in [9.17, 15) is 0 Å². The highest BCUT2D eigenvalue weighted by molar-refractivity contribution is 5.89. The van der Waals surface area contributed by atoms with Gasteiger partial charge in [0, 0.05) is 54.2 Å². The van der Waals surface area contributed by atoms with Gasteiger partial charge in [-0.1, -0.05) is 78.9 Å². The SMILES string of the molecule is Cn1cc(C(/C=C/c2ccccc2)c2cn(C)c3ccccc23)c2ccccc21. The van der Waals surface area contributed by atoms with Gasteiger partial charge in [0.2, 0.25) is 0 Å². The number of aryl methyl sites for hydroxylation is 2. The van der Waals surface area contributed by atoms with E-state index in [4.69, 9.17) is 0 Å². The van der Waals surface area contributed by atoms with Crippen molar-refractivity contribution >= 4 is 27.9 Å². The lowest BCUT2D eigenvalue weighted by molar-refractivity contribution is 0.927. The molecule has 0 atom stereocenters. The number of nitrogens with zero attached hydrogens (tertiary/aromatic N) is 2. The van der Waals surface area contributed by atoms with Gasteiger partial charge in [-0.25, -0.2) is 0 Å². The lowest BCUT2D eigenvalue weighted by atomic mass is 9.90. The predicted molar refractivity (Wildman–Crippen MR) is 123 cm³/mol. The highest BCUT2D eigenvalue weighted by Crippen LogP contribution is 2.37. The molecule has 0 aliphatic carbocycles. The molecule has 0 fully saturated rings. The normalized spacial score (nSPS) is 12.0. The second kappa shape index (κ2) is 7.14. The average Bonchev–Trinajstić information content (AvgIpc) is 3.27. The molecule has 0 aliphatic rings. The first-order valence-electron chi connectivity index (χ1n) is 10.0. The second-order valence-corrected chi connectivity index (χ2v) is 7.67. The van der Waals surface area contributed by atoms with Crippen LogP contribution in [0.3, 0.4) is 0 Å². The van der Waals surface area contributed by atoms with Crippen LogP contribution in [0.4, 0.5) is 0 Å². The molecule has 0 spiro atoms. The molecule has 0 N–H and O–H groups in total. The maximum atomic E-state index is 2.35. The van der Waals surface area contributed by atoms with E-state index in [1.807, 2.05) is 0 Å². The molecule has 142 valence electrons. The molecular weight excluding hydrogens is 352 g/mol. The van der Waals surface area contributed by atoms with Crippen molar-refractivity contribution in [1.29, 1.82) is 0 Å². The molecule has 0 aliphatic heterocycles. The van der Waals surface area contributed by atoms with Crippen LogP contribution in [0.25, 0.3) is 27.9 Å². The largest absolute Gasteiger partial charge is 0.350 e. The molecule has 0 saturated carbocycles. The second-order valence-electron chi connectivity index (χ2n) is 7.67. The van der Waals surface area contributed by atoms with Crippen LogP contribution < -0.4 is 0 Å². The summed E-state index contributed by atoms with van der Waals surface area (Å²) in [7, 11) is 4.26. The fourth-order valence-electron chi connectivity index (χ4n) is 4.39. The van der Waals surface area contributed by atoms with Gasteiger partial charge < -0.3 is 9.13 Å². The summed E-state index contributed by atoms with van der Waals surface area (Å²) in [5.74, 6) is 0.174. The Hall–Kier alpha value is -3.52. The van der Waals surface area contributed by atoms with Crippen LogP contribution in [-0.2, 0) is 14.1 Å². The van der Waals surface area contributed by atoms with E-state index < -0.39 is 0 Å². The molecule has 29 heavy (non-hydrogen) atoms. The average molecular weight is 377 g/mol. The monoisotopic (exact) mass is 376 g/mol. The molecule has 3 aromatic carbocycles. The van der Waals surface area contributed by atoms with Crippen molar-refractivity contribution in [3.05, 3.63) is 114 Å². The number of allylic oxidation sites excluding steroid dienone is 1. The number of hydrogen-bond donors (Lipinski definition) is 0. The minimum Gasteiger partial charge on any atom is -0.350 e. The van der Waals surface area contributed by atoms with Gasteiger partial charge in [-0.2, -0.15) is 0 Å². The van der Waals surface area contributed by atoms with Crippen molar-refractivity contribution in [2.24, 2.45) is 14.1 Å². The summed E-state index contributed by atoms with van der Waals surface area (Å²) in [5.41, 5.74) is 6.43. The first-order valence-corrected chi connectivity index (χ1v) is 10.0. The number of para-hydroxylation sites is 2. The zero-order valence-corrected chi connectivity index (χ0v) is 16.8. The fourth-order valence-corrected chi connectivity index (χ4v) is 4.39. The van der Waals surface area contributed by atoms with Crippen LogP contribution in [0.2, 0.25) is 0 Å². The molecule has 0 saturated heterocycles. The number of aromatic nitrogens is 2. The van der Waals surface area contributed by atoms with Gasteiger partial charge in [0.15, 0.2) is 0 Å². The van der Waals surface area contributed by atoms with Crippen LogP contribution in [-0.4, -0.2) is 9.13 Å². The Kier molecular flexibility index (Phi) is 4.33. The zero-order chi connectivity index (χ0) is 19.8. The molecule has 5 aromatic rings. The Morgan fingerprint density at radius 3 is 1.66 bits per heavy atom. The van der Waals surface area contributed by atoms with Gasteiger partial charge in [0.1, 0.15) is 0 Å². The van der Waals surface area contributed by atoms with Gasteiger partial charge in [0.25, 0.3) is 0 Å². The van der Waals surface area contributed by atoms with E-state index >= 15 is 0 Å². The molecule has 0 amide bonds. The standard InChI is InChI=1S/C27H24N2/c1-28-18-24(22-12-6-8-14-26(22)28)21(17-16-20-10-4-3-5-11-20)25-19-29(2)27-15-9-7-13-23(25)27/h3-19,21H,1-2H3/b17-16+.